The van der Waals surface area contributed by atoms with Crippen LogP contribution in [0.2, 0.25) is 0 Å². The fourth-order valence-corrected chi connectivity index (χ4v) is 9.24. The van der Waals surface area contributed by atoms with Crippen molar-refractivity contribution >= 4 is 53.3 Å². The molecule has 0 radical (unpaired) electrons. The molecule has 11 rings (SSSR count). The molecular formula is C52H31N5S. The molecule has 0 aliphatic heterocycles. The maximum atomic E-state index is 10.0. The lowest BCUT2D eigenvalue weighted by Crippen LogP contribution is -2.01. The summed E-state index contributed by atoms with van der Waals surface area (Å²) in [6, 6.07) is 52.8. The normalized spacial score (nSPS) is 12.6. The third kappa shape index (κ3) is 5.64. The van der Waals surface area contributed by atoms with Crippen molar-refractivity contribution in [3.8, 4) is 68.2 Å². The predicted octanol–water partition coefficient (Wildman–Crippen LogP) is 13.5. The van der Waals surface area contributed by atoms with Crippen molar-refractivity contribution in [2.24, 2.45) is 0 Å². The van der Waals surface area contributed by atoms with Crippen LogP contribution in [0.4, 0.5) is 0 Å². The molecule has 0 N–H and O–H groups in total. The van der Waals surface area contributed by atoms with E-state index in [2.05, 4.69) is 83.4 Å². The molecule has 6 heteroatoms. The average Bonchev–Trinajstić information content (AvgIpc) is 3.88. The summed E-state index contributed by atoms with van der Waals surface area (Å²) in [6.45, 7) is 0. The third-order valence-corrected chi connectivity index (χ3v) is 11.8. The minimum absolute atomic E-state index is 0.0375. The van der Waals surface area contributed by atoms with E-state index < -0.39 is 30.2 Å². The van der Waals surface area contributed by atoms with Crippen molar-refractivity contribution in [2.75, 3.05) is 0 Å². The van der Waals surface area contributed by atoms with E-state index in [4.69, 9.17) is 21.8 Å². The van der Waals surface area contributed by atoms with Crippen LogP contribution >= 0.6 is 11.3 Å². The van der Waals surface area contributed by atoms with Gasteiger partial charge in [-0.1, -0.05) is 152 Å². The predicted molar refractivity (Wildman–Crippen MR) is 239 cm³/mol. The van der Waals surface area contributed by atoms with Gasteiger partial charge >= 0.3 is 0 Å². The second-order valence-electron chi connectivity index (χ2n) is 14.0. The Morgan fingerprint density at radius 2 is 1.10 bits per heavy atom. The summed E-state index contributed by atoms with van der Waals surface area (Å²) in [4.78, 5) is 14.9. The van der Waals surface area contributed by atoms with Gasteiger partial charge in [0.05, 0.1) is 29.5 Å². The van der Waals surface area contributed by atoms with Crippen LogP contribution in [0, 0.1) is 11.3 Å². The van der Waals surface area contributed by atoms with Gasteiger partial charge in [0.2, 0.25) is 0 Å². The molecule has 11 aromatic rings. The third-order valence-electron chi connectivity index (χ3n) is 10.6. The highest BCUT2D eigenvalue weighted by molar-refractivity contribution is 7.26. The molecule has 0 fully saturated rings. The SMILES string of the molecule is [2H]c1c([2H])c([2H])c(-c2nc(-c3ccccc3)nc(-c3cc(-n4c5ccccc5c5ccc(C#N)cc54)cc4c3sc3c(-c5cccc(-c6ccccc6)c5)cccc34)n2)c([2H])c1[2H]. The Hall–Kier alpha value is -7.72. The van der Waals surface area contributed by atoms with Crippen LogP contribution in [0.15, 0.2) is 188 Å². The van der Waals surface area contributed by atoms with E-state index in [0.717, 1.165) is 69.9 Å². The van der Waals surface area contributed by atoms with Crippen LogP contribution in [0.1, 0.15) is 12.4 Å². The number of rotatable bonds is 6. The maximum absolute atomic E-state index is 10.0. The van der Waals surface area contributed by atoms with Crippen LogP contribution in [-0.4, -0.2) is 19.5 Å². The first-order chi connectivity index (χ1) is 30.8. The van der Waals surface area contributed by atoms with Crippen LogP contribution < -0.4 is 0 Å². The first-order valence-electron chi connectivity index (χ1n) is 21.3. The minimum atomic E-state index is -0.498. The highest BCUT2D eigenvalue weighted by Gasteiger charge is 2.22. The van der Waals surface area contributed by atoms with Crippen molar-refractivity contribution < 1.29 is 6.85 Å². The van der Waals surface area contributed by atoms with Crippen LogP contribution in [0.25, 0.3) is 104 Å². The Bertz CT molecular complexity index is 3680. The molecule has 0 aliphatic rings. The van der Waals surface area contributed by atoms with E-state index >= 15 is 0 Å². The van der Waals surface area contributed by atoms with Gasteiger partial charge in [0.1, 0.15) is 0 Å². The summed E-state index contributed by atoms with van der Waals surface area (Å²) < 4.78 is 47.3. The monoisotopic (exact) mass is 762 g/mol. The molecule has 8 aromatic carbocycles. The Labute approximate surface area is 345 Å². The van der Waals surface area contributed by atoms with Gasteiger partial charge in [-0.05, 0) is 58.7 Å². The van der Waals surface area contributed by atoms with Crippen LogP contribution in [-0.2, 0) is 0 Å². The van der Waals surface area contributed by atoms with Gasteiger partial charge in [-0.2, -0.15) is 5.26 Å². The lowest BCUT2D eigenvalue weighted by molar-refractivity contribution is 1.07. The van der Waals surface area contributed by atoms with Gasteiger partial charge in [0.15, 0.2) is 17.5 Å². The topological polar surface area (TPSA) is 67.4 Å². The summed E-state index contributed by atoms with van der Waals surface area (Å²) in [7, 11) is 0. The van der Waals surface area contributed by atoms with Gasteiger partial charge in [0.25, 0.3) is 0 Å². The fourth-order valence-electron chi connectivity index (χ4n) is 7.91. The number of nitrogens with zero attached hydrogens (tertiary/aromatic N) is 5. The minimum Gasteiger partial charge on any atom is -0.309 e. The quantitative estimate of drug-likeness (QED) is 0.169. The zero-order valence-electron chi connectivity index (χ0n) is 35.7. The molecular weight excluding hydrogens is 727 g/mol. The number of fused-ring (bicyclic) bond motifs is 6. The number of hydrogen-bond acceptors (Lipinski definition) is 5. The summed E-state index contributed by atoms with van der Waals surface area (Å²) in [5.41, 5.74) is 8.74. The van der Waals surface area contributed by atoms with E-state index in [-0.39, 0.29) is 23.0 Å². The lowest BCUT2D eigenvalue weighted by Gasteiger charge is -2.13. The lowest BCUT2D eigenvalue weighted by atomic mass is 9.97. The highest BCUT2D eigenvalue weighted by atomic mass is 32.1. The Balaban J connectivity index is 1.25. The molecule has 58 heavy (non-hydrogen) atoms. The highest BCUT2D eigenvalue weighted by Crippen LogP contribution is 2.46. The first-order valence-corrected chi connectivity index (χ1v) is 19.6. The van der Waals surface area contributed by atoms with E-state index in [1.54, 1.807) is 11.3 Å². The van der Waals surface area contributed by atoms with E-state index in [9.17, 15) is 5.26 Å². The molecule has 3 aromatic heterocycles. The molecule has 0 unspecified atom stereocenters. The molecule has 0 saturated carbocycles. The van der Waals surface area contributed by atoms with Crippen molar-refractivity contribution in [1.29, 1.82) is 5.26 Å². The van der Waals surface area contributed by atoms with E-state index in [1.807, 2.05) is 84.9 Å². The molecule has 0 atom stereocenters. The average molecular weight is 763 g/mol. The first kappa shape index (κ1) is 28.7. The van der Waals surface area contributed by atoms with Crippen LogP contribution in [0.5, 0.6) is 0 Å². The zero-order chi connectivity index (χ0) is 42.9. The number of nitriles is 1. The van der Waals surface area contributed by atoms with Gasteiger partial charge < -0.3 is 4.57 Å². The Kier molecular flexibility index (Phi) is 6.81. The zero-order valence-corrected chi connectivity index (χ0v) is 31.5. The Morgan fingerprint density at radius 3 is 1.91 bits per heavy atom. The number of benzene rings is 8. The summed E-state index contributed by atoms with van der Waals surface area (Å²) in [5.74, 6) is 0.524. The van der Waals surface area contributed by atoms with Gasteiger partial charge in [-0.25, -0.2) is 15.0 Å². The molecule has 3 heterocycles. The number of para-hydroxylation sites is 1. The standard InChI is InChI=1S/C52H31N5S/c53-32-33-26-27-42-41-22-10-11-25-46(41)57(47(42)28-33)39-30-44-43-24-13-23-40(38-21-12-20-37(29-38)34-14-4-1-5-15-34)48(43)58-49(44)45(31-39)52-55-50(35-16-6-2-7-17-35)54-51(56-52)36-18-8-3-9-19-36/h1-31H/i2D,6D,7D,16D,17D. The van der Waals surface area contributed by atoms with Gasteiger partial charge in [-0.15, -0.1) is 11.3 Å². The second kappa shape index (κ2) is 13.8. The smallest absolute Gasteiger partial charge is 0.165 e. The van der Waals surface area contributed by atoms with E-state index in [0.29, 0.717) is 16.7 Å². The Morgan fingerprint density at radius 1 is 0.466 bits per heavy atom. The van der Waals surface area contributed by atoms with Gasteiger partial charge in [0, 0.05) is 53.3 Å². The maximum Gasteiger partial charge on any atom is 0.165 e. The number of hydrogen-bond donors (Lipinski definition) is 0. The fraction of sp³-hybridized carbons (Fsp3) is 0. The number of aromatic nitrogens is 4. The molecule has 0 spiro atoms. The van der Waals surface area contributed by atoms with Crippen molar-refractivity contribution in [3.05, 3.63) is 194 Å². The summed E-state index contributed by atoms with van der Waals surface area (Å²) >= 11 is 1.63. The van der Waals surface area contributed by atoms with Crippen molar-refractivity contribution in [1.82, 2.24) is 19.5 Å². The molecule has 0 amide bonds. The van der Waals surface area contributed by atoms with E-state index in [1.165, 1.54) is 0 Å². The molecule has 0 saturated heterocycles. The molecule has 270 valence electrons. The van der Waals surface area contributed by atoms with Crippen LogP contribution in [0.3, 0.4) is 0 Å². The molecule has 0 bridgehead atoms. The largest absolute Gasteiger partial charge is 0.309 e. The molecule has 5 nitrogen and oxygen atoms in total. The number of thiophene rings is 1. The summed E-state index contributed by atoms with van der Waals surface area (Å²) in [6.07, 6.45) is 0. The van der Waals surface area contributed by atoms with Crippen molar-refractivity contribution in [3.63, 3.8) is 0 Å². The second-order valence-corrected chi connectivity index (χ2v) is 15.0. The van der Waals surface area contributed by atoms with Crippen molar-refractivity contribution in [2.45, 2.75) is 0 Å². The molecule has 0 aliphatic carbocycles. The summed E-state index contributed by atoms with van der Waals surface area (Å²) in [5, 5.41) is 14.1. The van der Waals surface area contributed by atoms with Gasteiger partial charge in [-0.3, -0.25) is 0 Å².